The fourth-order valence-electron chi connectivity index (χ4n) is 3.22. The van der Waals surface area contributed by atoms with Crippen LogP contribution in [0.1, 0.15) is 40.6 Å². The van der Waals surface area contributed by atoms with Crippen LogP contribution in [0.5, 0.6) is 5.75 Å². The van der Waals surface area contributed by atoms with E-state index in [2.05, 4.69) is 26.3 Å². The van der Waals surface area contributed by atoms with Crippen molar-refractivity contribution in [3.05, 3.63) is 53.6 Å². The fourth-order valence-corrected chi connectivity index (χ4v) is 3.22. The summed E-state index contributed by atoms with van der Waals surface area (Å²) in [6.07, 6.45) is 5.48. The van der Waals surface area contributed by atoms with Crippen molar-refractivity contribution < 1.29 is 9.53 Å². The van der Waals surface area contributed by atoms with Gasteiger partial charge < -0.3 is 10.1 Å². The number of aromatic nitrogens is 2. The molecule has 2 aromatic rings. The second-order valence-corrected chi connectivity index (χ2v) is 6.25. The standard InChI is InChI=1S/C19H24N4O2/c1-14-11-21-16(12-20-14)19(24)22-13-17(23-9-5-6-10-23)15-7-3-4-8-18(15)25-2/h3-4,7-8,11-12,17H,5-6,9-10,13H2,1-2H3,(H,22,24). The fraction of sp³-hybridized carbons (Fsp3) is 0.421. The van der Waals surface area contributed by atoms with Gasteiger partial charge in [0.25, 0.3) is 5.91 Å². The van der Waals surface area contributed by atoms with Crippen LogP contribution in [0.2, 0.25) is 0 Å². The maximum Gasteiger partial charge on any atom is 0.271 e. The van der Waals surface area contributed by atoms with Gasteiger partial charge in [-0.1, -0.05) is 18.2 Å². The van der Waals surface area contributed by atoms with E-state index in [1.807, 2.05) is 25.1 Å². The molecule has 132 valence electrons. The van der Waals surface area contributed by atoms with E-state index in [0.29, 0.717) is 12.2 Å². The van der Waals surface area contributed by atoms with Gasteiger partial charge >= 0.3 is 0 Å². The molecule has 1 unspecified atom stereocenters. The number of carbonyl (C=O) groups is 1. The molecule has 1 aromatic heterocycles. The summed E-state index contributed by atoms with van der Waals surface area (Å²) in [7, 11) is 1.68. The van der Waals surface area contributed by atoms with Crippen LogP contribution in [0.25, 0.3) is 0 Å². The minimum Gasteiger partial charge on any atom is -0.496 e. The zero-order chi connectivity index (χ0) is 17.6. The molecule has 1 N–H and O–H groups in total. The van der Waals surface area contributed by atoms with Crippen LogP contribution in [0.3, 0.4) is 0 Å². The van der Waals surface area contributed by atoms with Crippen molar-refractivity contribution >= 4 is 5.91 Å². The number of methoxy groups -OCH3 is 1. The topological polar surface area (TPSA) is 67.3 Å². The Kier molecular flexibility index (Phi) is 5.60. The average Bonchev–Trinajstić information content (AvgIpc) is 3.17. The number of likely N-dealkylation sites (tertiary alicyclic amines) is 1. The predicted octanol–water partition coefficient (Wildman–Crippen LogP) is 2.36. The van der Waals surface area contributed by atoms with Gasteiger partial charge in [0.05, 0.1) is 25.0 Å². The molecule has 1 atom stereocenters. The molecule has 1 aliphatic rings. The van der Waals surface area contributed by atoms with Gasteiger partial charge in [0, 0.05) is 18.3 Å². The third-order valence-electron chi connectivity index (χ3n) is 4.55. The zero-order valence-corrected chi connectivity index (χ0v) is 14.7. The molecule has 0 aliphatic carbocycles. The van der Waals surface area contributed by atoms with Gasteiger partial charge in [0.1, 0.15) is 11.4 Å². The van der Waals surface area contributed by atoms with E-state index >= 15 is 0 Å². The van der Waals surface area contributed by atoms with Crippen LogP contribution < -0.4 is 10.1 Å². The Balaban J connectivity index is 1.76. The molecule has 2 heterocycles. The first-order chi connectivity index (χ1) is 12.2. The quantitative estimate of drug-likeness (QED) is 0.874. The average molecular weight is 340 g/mol. The zero-order valence-electron chi connectivity index (χ0n) is 14.7. The van der Waals surface area contributed by atoms with Gasteiger partial charge in [0.2, 0.25) is 0 Å². The van der Waals surface area contributed by atoms with E-state index < -0.39 is 0 Å². The minimum absolute atomic E-state index is 0.0843. The number of hydrogen-bond donors (Lipinski definition) is 1. The molecule has 0 saturated carbocycles. The maximum absolute atomic E-state index is 12.4. The molecule has 6 heteroatoms. The highest BCUT2D eigenvalue weighted by atomic mass is 16.5. The summed E-state index contributed by atoms with van der Waals surface area (Å²) >= 11 is 0. The molecule has 0 bridgehead atoms. The first kappa shape index (κ1) is 17.4. The highest BCUT2D eigenvalue weighted by Crippen LogP contribution is 2.31. The van der Waals surface area contributed by atoms with Crippen molar-refractivity contribution in [3.63, 3.8) is 0 Å². The number of amides is 1. The lowest BCUT2D eigenvalue weighted by atomic mass is 10.0. The lowest BCUT2D eigenvalue weighted by Gasteiger charge is -2.29. The Morgan fingerprint density at radius 3 is 2.68 bits per heavy atom. The van der Waals surface area contributed by atoms with Crippen molar-refractivity contribution in [2.45, 2.75) is 25.8 Å². The van der Waals surface area contributed by atoms with Gasteiger partial charge in [-0.3, -0.25) is 14.7 Å². The molecule has 6 nitrogen and oxygen atoms in total. The van der Waals surface area contributed by atoms with Gasteiger partial charge in [0.15, 0.2) is 0 Å². The number of hydrogen-bond acceptors (Lipinski definition) is 5. The van der Waals surface area contributed by atoms with Gasteiger partial charge in [-0.15, -0.1) is 0 Å². The lowest BCUT2D eigenvalue weighted by Crippen LogP contribution is -2.37. The molecule has 1 saturated heterocycles. The Labute approximate surface area is 148 Å². The summed E-state index contributed by atoms with van der Waals surface area (Å²) in [5.74, 6) is 0.648. The summed E-state index contributed by atoms with van der Waals surface area (Å²) in [6, 6.07) is 8.09. The van der Waals surface area contributed by atoms with E-state index in [-0.39, 0.29) is 11.9 Å². The van der Waals surface area contributed by atoms with Crippen LogP contribution in [0, 0.1) is 6.92 Å². The van der Waals surface area contributed by atoms with Crippen LogP contribution in [0.4, 0.5) is 0 Å². The molecule has 1 aliphatic heterocycles. The summed E-state index contributed by atoms with van der Waals surface area (Å²) in [4.78, 5) is 23.1. The Morgan fingerprint density at radius 2 is 2.00 bits per heavy atom. The number of ether oxygens (including phenoxy) is 1. The van der Waals surface area contributed by atoms with Gasteiger partial charge in [-0.2, -0.15) is 0 Å². The summed E-state index contributed by atoms with van der Waals surface area (Å²) in [5.41, 5.74) is 2.23. The molecule has 3 rings (SSSR count). The first-order valence-corrected chi connectivity index (χ1v) is 8.63. The van der Waals surface area contributed by atoms with Crippen LogP contribution in [0.15, 0.2) is 36.7 Å². The van der Waals surface area contributed by atoms with E-state index in [0.717, 1.165) is 30.1 Å². The Bertz CT molecular complexity index is 712. The van der Waals surface area contributed by atoms with Crippen molar-refractivity contribution in [2.75, 3.05) is 26.7 Å². The lowest BCUT2D eigenvalue weighted by molar-refractivity contribution is 0.0932. The molecule has 1 fully saturated rings. The number of nitrogens with one attached hydrogen (secondary N) is 1. The number of aryl methyl sites for hydroxylation is 1. The monoisotopic (exact) mass is 340 g/mol. The SMILES string of the molecule is COc1ccccc1C(CNC(=O)c1cnc(C)cn1)N1CCCC1. The smallest absolute Gasteiger partial charge is 0.271 e. The van der Waals surface area contributed by atoms with Crippen LogP contribution >= 0.6 is 0 Å². The normalized spacial score (nSPS) is 15.8. The highest BCUT2D eigenvalue weighted by molar-refractivity contribution is 5.91. The van der Waals surface area contributed by atoms with Crippen molar-refractivity contribution in [1.29, 1.82) is 0 Å². The highest BCUT2D eigenvalue weighted by Gasteiger charge is 2.26. The van der Waals surface area contributed by atoms with Crippen molar-refractivity contribution in [2.24, 2.45) is 0 Å². The Morgan fingerprint density at radius 1 is 1.24 bits per heavy atom. The molecule has 1 amide bonds. The van der Waals surface area contributed by atoms with Gasteiger partial charge in [-0.05, 0) is 38.9 Å². The molecular formula is C19H24N4O2. The number of nitrogens with zero attached hydrogens (tertiary/aromatic N) is 3. The second-order valence-electron chi connectivity index (χ2n) is 6.25. The van der Waals surface area contributed by atoms with E-state index in [9.17, 15) is 4.79 Å². The van der Waals surface area contributed by atoms with Crippen LogP contribution in [-0.4, -0.2) is 47.5 Å². The van der Waals surface area contributed by atoms with E-state index in [4.69, 9.17) is 4.74 Å². The number of carbonyl (C=O) groups excluding carboxylic acids is 1. The minimum atomic E-state index is -0.202. The molecule has 1 aromatic carbocycles. The summed E-state index contributed by atoms with van der Waals surface area (Å²) in [5, 5.41) is 3.01. The summed E-state index contributed by atoms with van der Waals surface area (Å²) in [6.45, 7) is 4.42. The van der Waals surface area contributed by atoms with E-state index in [1.165, 1.54) is 19.0 Å². The van der Waals surface area contributed by atoms with Gasteiger partial charge in [-0.25, -0.2) is 4.98 Å². The largest absolute Gasteiger partial charge is 0.496 e. The van der Waals surface area contributed by atoms with Crippen molar-refractivity contribution in [1.82, 2.24) is 20.2 Å². The third-order valence-corrected chi connectivity index (χ3v) is 4.55. The van der Waals surface area contributed by atoms with E-state index in [1.54, 1.807) is 13.3 Å². The maximum atomic E-state index is 12.4. The number of benzene rings is 1. The third kappa shape index (κ3) is 4.14. The Hall–Kier alpha value is -2.47. The first-order valence-electron chi connectivity index (χ1n) is 8.63. The summed E-state index contributed by atoms with van der Waals surface area (Å²) < 4.78 is 5.53. The second kappa shape index (κ2) is 8.07. The molecular weight excluding hydrogens is 316 g/mol. The molecule has 25 heavy (non-hydrogen) atoms. The van der Waals surface area contributed by atoms with Crippen LogP contribution in [-0.2, 0) is 0 Å². The molecule has 0 spiro atoms. The predicted molar refractivity (Wildman–Crippen MR) is 95.6 cm³/mol. The molecule has 0 radical (unpaired) electrons. The number of para-hydroxylation sites is 1. The van der Waals surface area contributed by atoms with Crippen molar-refractivity contribution in [3.8, 4) is 5.75 Å². The number of rotatable bonds is 6.